The molecule has 2 saturated heterocycles. The molecule has 0 unspecified atom stereocenters. The first kappa shape index (κ1) is 46.5. The molecular weight excluding hydrogens is 733 g/mol. The number of hydrogen-bond acceptors (Lipinski definition) is 7. The third-order valence-corrected chi connectivity index (χ3v) is 10.8. The standard InChI is InChI=1S/C45H72N8O5/c1-3-5-7-15-25-53-41(33-39-20-12-9-13-21-39)35-51(45(53)47)37-43(55)49-23-17-27-57-29-31-58-30-28-56-26-16-22-48-42(54)36-50-34-40(32-38-18-10-8-11-19-38)52(44(50)46)24-14-6-4-2/h8-13,18-21,40-41,46-47H,3-7,14-17,22-37H2,1-2H3,(H,48,54)(H,49,55)/t40-,41-/m0/s1. The van der Waals surface area contributed by atoms with Crippen LogP contribution in [0.25, 0.3) is 0 Å². The molecule has 13 nitrogen and oxygen atoms in total. The summed E-state index contributed by atoms with van der Waals surface area (Å²) in [6.07, 6.45) is 11.1. The van der Waals surface area contributed by atoms with Gasteiger partial charge in [0.05, 0.1) is 51.6 Å². The first-order valence-electron chi connectivity index (χ1n) is 21.9. The topological polar surface area (TPSA) is 147 Å². The van der Waals surface area contributed by atoms with Crippen molar-refractivity contribution in [2.75, 3.05) is 92.0 Å². The van der Waals surface area contributed by atoms with E-state index < -0.39 is 0 Å². The largest absolute Gasteiger partial charge is 0.379 e. The minimum Gasteiger partial charge on any atom is -0.379 e. The summed E-state index contributed by atoms with van der Waals surface area (Å²) in [5.41, 5.74) is 2.51. The molecule has 0 aromatic heterocycles. The summed E-state index contributed by atoms with van der Waals surface area (Å²) in [4.78, 5) is 33.7. The second kappa shape index (κ2) is 27.5. The predicted molar refractivity (Wildman–Crippen MR) is 231 cm³/mol. The lowest BCUT2D eigenvalue weighted by molar-refractivity contribution is -0.122. The Balaban J connectivity index is 0.970. The molecule has 4 N–H and O–H groups in total. The van der Waals surface area contributed by atoms with E-state index in [4.69, 9.17) is 25.0 Å². The molecule has 58 heavy (non-hydrogen) atoms. The molecule has 2 amide bonds. The van der Waals surface area contributed by atoms with Gasteiger partial charge in [-0.05, 0) is 49.7 Å². The fourth-order valence-corrected chi connectivity index (χ4v) is 7.61. The summed E-state index contributed by atoms with van der Waals surface area (Å²) < 4.78 is 17.0. The second-order valence-corrected chi connectivity index (χ2v) is 15.5. The number of ether oxygens (including phenoxy) is 3. The fraction of sp³-hybridized carbons (Fsp3) is 0.644. The van der Waals surface area contributed by atoms with E-state index in [1.54, 1.807) is 0 Å². The smallest absolute Gasteiger partial charge is 0.239 e. The number of carbonyl (C=O) groups is 2. The number of unbranched alkanes of at least 4 members (excludes halogenated alkanes) is 5. The summed E-state index contributed by atoms with van der Waals surface area (Å²) in [6, 6.07) is 21.2. The van der Waals surface area contributed by atoms with Crippen molar-refractivity contribution in [3.05, 3.63) is 71.8 Å². The van der Waals surface area contributed by atoms with Gasteiger partial charge in [0, 0.05) is 52.5 Å². The van der Waals surface area contributed by atoms with Gasteiger partial charge in [0.25, 0.3) is 0 Å². The predicted octanol–water partition coefficient (Wildman–Crippen LogP) is 5.15. The summed E-state index contributed by atoms with van der Waals surface area (Å²) in [6.45, 7) is 11.8. The molecule has 2 aromatic rings. The van der Waals surface area contributed by atoms with E-state index in [-0.39, 0.29) is 37.0 Å². The highest BCUT2D eigenvalue weighted by Gasteiger charge is 2.36. The molecule has 0 spiro atoms. The lowest BCUT2D eigenvalue weighted by Crippen LogP contribution is -2.41. The van der Waals surface area contributed by atoms with Crippen molar-refractivity contribution in [3.63, 3.8) is 0 Å². The Morgan fingerprint density at radius 2 is 0.966 bits per heavy atom. The van der Waals surface area contributed by atoms with E-state index in [1.807, 2.05) is 21.9 Å². The summed E-state index contributed by atoms with van der Waals surface area (Å²) in [7, 11) is 0. The van der Waals surface area contributed by atoms with Crippen molar-refractivity contribution in [3.8, 4) is 0 Å². The second-order valence-electron chi connectivity index (χ2n) is 15.5. The van der Waals surface area contributed by atoms with Crippen LogP contribution in [-0.2, 0) is 36.6 Å². The molecule has 322 valence electrons. The lowest BCUT2D eigenvalue weighted by Gasteiger charge is -2.25. The lowest BCUT2D eigenvalue weighted by atomic mass is 10.1. The van der Waals surface area contributed by atoms with Crippen LogP contribution in [0, 0.1) is 10.8 Å². The van der Waals surface area contributed by atoms with E-state index in [1.165, 1.54) is 24.0 Å². The molecule has 2 fully saturated rings. The number of benzene rings is 2. The first-order chi connectivity index (χ1) is 28.4. The molecule has 0 aliphatic carbocycles. The summed E-state index contributed by atoms with van der Waals surface area (Å²) in [5, 5.41) is 23.6. The van der Waals surface area contributed by atoms with E-state index in [9.17, 15) is 9.59 Å². The Labute approximate surface area is 348 Å². The van der Waals surface area contributed by atoms with E-state index in [2.05, 4.69) is 82.8 Å². The van der Waals surface area contributed by atoms with Crippen molar-refractivity contribution in [1.82, 2.24) is 30.2 Å². The maximum Gasteiger partial charge on any atom is 0.239 e. The van der Waals surface area contributed by atoms with Gasteiger partial charge >= 0.3 is 0 Å². The molecular formula is C45H72N8O5. The Morgan fingerprint density at radius 1 is 0.569 bits per heavy atom. The minimum absolute atomic E-state index is 0.0670. The van der Waals surface area contributed by atoms with Crippen molar-refractivity contribution < 1.29 is 23.8 Å². The highest BCUT2D eigenvalue weighted by atomic mass is 16.5. The molecule has 4 rings (SSSR count). The normalized spacial score (nSPS) is 16.8. The third-order valence-electron chi connectivity index (χ3n) is 10.8. The van der Waals surface area contributed by atoms with Crippen LogP contribution >= 0.6 is 0 Å². The van der Waals surface area contributed by atoms with Crippen molar-refractivity contribution >= 4 is 23.7 Å². The van der Waals surface area contributed by atoms with Gasteiger partial charge in [-0.2, -0.15) is 0 Å². The monoisotopic (exact) mass is 805 g/mol. The Hall–Kier alpha value is -4.20. The zero-order chi connectivity index (χ0) is 41.2. The SMILES string of the molecule is CCCCCCN1C(=N)N(CC(=O)NCCCOCCOCCOCCCNC(=O)CN2C[C@H](Cc3ccccc3)N(CCCCC)C2=N)C[C@@H]1Cc1ccccc1. The third kappa shape index (κ3) is 17.0. The highest BCUT2D eigenvalue weighted by Crippen LogP contribution is 2.22. The Morgan fingerprint density at radius 3 is 1.40 bits per heavy atom. The number of rotatable bonds is 31. The molecule has 0 bridgehead atoms. The van der Waals surface area contributed by atoms with Crippen LogP contribution in [0.2, 0.25) is 0 Å². The average molecular weight is 805 g/mol. The first-order valence-corrected chi connectivity index (χ1v) is 21.9. The molecule has 2 aliphatic heterocycles. The van der Waals surface area contributed by atoms with Crippen molar-refractivity contribution in [1.29, 1.82) is 10.8 Å². The number of amides is 2. The van der Waals surface area contributed by atoms with Crippen LogP contribution in [-0.4, -0.2) is 147 Å². The number of nitrogens with zero attached hydrogens (tertiary/aromatic N) is 4. The average Bonchev–Trinajstić information content (AvgIpc) is 3.67. The van der Waals surface area contributed by atoms with Gasteiger partial charge in [0.15, 0.2) is 11.9 Å². The van der Waals surface area contributed by atoms with Gasteiger partial charge in [-0.1, -0.05) is 107 Å². The number of nitrogens with one attached hydrogen (secondary N) is 4. The Bertz CT molecular complexity index is 1470. The van der Waals surface area contributed by atoms with Crippen LogP contribution < -0.4 is 10.6 Å². The van der Waals surface area contributed by atoms with Gasteiger partial charge in [0.2, 0.25) is 11.8 Å². The quantitative estimate of drug-likeness (QED) is 0.0761. The van der Waals surface area contributed by atoms with Gasteiger partial charge in [-0.15, -0.1) is 0 Å². The fourth-order valence-electron chi connectivity index (χ4n) is 7.61. The van der Waals surface area contributed by atoms with Gasteiger partial charge < -0.3 is 44.4 Å². The van der Waals surface area contributed by atoms with Gasteiger partial charge in [-0.3, -0.25) is 20.4 Å². The minimum atomic E-state index is -0.0690. The van der Waals surface area contributed by atoms with Gasteiger partial charge in [0.1, 0.15) is 0 Å². The summed E-state index contributed by atoms with van der Waals surface area (Å²) >= 11 is 0. The van der Waals surface area contributed by atoms with Crippen molar-refractivity contribution in [2.45, 2.75) is 96.6 Å². The molecule has 0 saturated carbocycles. The molecule has 0 radical (unpaired) electrons. The molecule has 2 atom stereocenters. The molecule has 13 heteroatoms. The van der Waals surface area contributed by atoms with Crippen molar-refractivity contribution in [2.24, 2.45) is 0 Å². The molecule has 2 aliphatic rings. The number of hydrogen-bond donors (Lipinski definition) is 4. The van der Waals surface area contributed by atoms with Crippen LogP contribution in [0.1, 0.15) is 82.8 Å². The zero-order valence-electron chi connectivity index (χ0n) is 35.4. The van der Waals surface area contributed by atoms with E-state index >= 15 is 0 Å². The van der Waals surface area contributed by atoms with Crippen LogP contribution in [0.3, 0.4) is 0 Å². The zero-order valence-corrected chi connectivity index (χ0v) is 35.4. The Kier molecular flexibility index (Phi) is 22.0. The maximum absolute atomic E-state index is 12.8. The maximum atomic E-state index is 12.8. The number of guanidine groups is 2. The highest BCUT2D eigenvalue weighted by molar-refractivity contribution is 5.87. The molecule has 2 aromatic carbocycles. The van der Waals surface area contributed by atoms with Crippen LogP contribution in [0.5, 0.6) is 0 Å². The van der Waals surface area contributed by atoms with Crippen LogP contribution in [0.15, 0.2) is 60.7 Å². The van der Waals surface area contributed by atoms with E-state index in [0.717, 1.165) is 58.0 Å². The molecule has 2 heterocycles. The van der Waals surface area contributed by atoms with Crippen LogP contribution in [0.4, 0.5) is 0 Å². The summed E-state index contributed by atoms with van der Waals surface area (Å²) in [5.74, 6) is 0.775. The van der Waals surface area contributed by atoms with Gasteiger partial charge in [-0.25, -0.2) is 0 Å². The van der Waals surface area contributed by atoms with E-state index in [0.29, 0.717) is 90.6 Å². The number of carbonyl (C=O) groups excluding carboxylic acids is 2.